The highest BCUT2D eigenvalue weighted by molar-refractivity contribution is 7.89. The summed E-state index contributed by atoms with van der Waals surface area (Å²) in [7, 11) is -3.42. The molecule has 1 aliphatic rings. The average Bonchev–Trinajstić information content (AvgIpc) is 2.39. The summed E-state index contributed by atoms with van der Waals surface area (Å²) in [5, 5.41) is 8.64. The molecular weight excluding hydrogens is 272 g/mol. The molecule has 0 N–H and O–H groups in total. The number of rotatable bonds is 3. The fourth-order valence-corrected chi connectivity index (χ4v) is 4.41. The molecule has 5 heteroatoms. The van der Waals surface area contributed by atoms with Crippen molar-refractivity contribution in [3.63, 3.8) is 0 Å². The van der Waals surface area contributed by atoms with Gasteiger partial charge in [0.1, 0.15) is 0 Å². The molecule has 1 saturated heterocycles. The Morgan fingerprint density at radius 1 is 1.30 bits per heavy atom. The zero-order chi connectivity index (χ0) is 14.8. The molecule has 0 radical (unpaired) electrons. The summed E-state index contributed by atoms with van der Waals surface area (Å²) in [5.74, 6) is 0.578. The van der Waals surface area contributed by atoms with Crippen LogP contribution >= 0.6 is 0 Å². The lowest BCUT2D eigenvalue weighted by molar-refractivity contribution is 0.220. The fraction of sp³-hybridized carbons (Fsp3) is 0.533. The van der Waals surface area contributed by atoms with Gasteiger partial charge in [-0.25, -0.2) is 8.42 Å². The van der Waals surface area contributed by atoms with Crippen molar-refractivity contribution in [1.29, 1.82) is 5.26 Å². The molecule has 4 nitrogen and oxygen atoms in total. The van der Waals surface area contributed by atoms with Crippen molar-refractivity contribution in [3.05, 3.63) is 29.8 Å². The second-order valence-electron chi connectivity index (χ2n) is 5.57. The smallest absolute Gasteiger partial charge is 0.207 e. The van der Waals surface area contributed by atoms with Gasteiger partial charge in [0, 0.05) is 12.6 Å². The summed E-state index contributed by atoms with van der Waals surface area (Å²) < 4.78 is 26.9. The van der Waals surface area contributed by atoms with Crippen LogP contribution in [0, 0.1) is 17.2 Å². The third kappa shape index (κ3) is 3.02. The number of hydrogen-bond donors (Lipinski definition) is 0. The third-order valence-corrected chi connectivity index (χ3v) is 5.92. The minimum Gasteiger partial charge on any atom is -0.207 e. The lowest BCUT2D eigenvalue weighted by Gasteiger charge is -2.35. The minimum absolute atomic E-state index is 0.0440. The maximum atomic E-state index is 12.6. The Labute approximate surface area is 121 Å². The Balaban J connectivity index is 2.24. The Bertz CT molecular complexity index is 602. The SMILES string of the molecule is CC1CCN(S(=O)(=O)c2ccc(CC#N)cc2)C(C)C1. The van der Waals surface area contributed by atoms with Gasteiger partial charge in [0.25, 0.3) is 0 Å². The lowest BCUT2D eigenvalue weighted by atomic mass is 9.95. The number of sulfonamides is 1. The lowest BCUT2D eigenvalue weighted by Crippen LogP contribution is -2.44. The van der Waals surface area contributed by atoms with Crippen LogP contribution in [-0.4, -0.2) is 25.3 Å². The van der Waals surface area contributed by atoms with Gasteiger partial charge < -0.3 is 0 Å². The van der Waals surface area contributed by atoms with Gasteiger partial charge in [-0.05, 0) is 43.4 Å². The highest BCUT2D eigenvalue weighted by Crippen LogP contribution is 2.28. The van der Waals surface area contributed by atoms with Crippen molar-refractivity contribution >= 4 is 10.0 Å². The number of benzene rings is 1. The van der Waals surface area contributed by atoms with Crippen molar-refractivity contribution < 1.29 is 8.42 Å². The van der Waals surface area contributed by atoms with Crippen molar-refractivity contribution in [2.24, 2.45) is 5.92 Å². The topological polar surface area (TPSA) is 61.2 Å². The van der Waals surface area contributed by atoms with E-state index in [2.05, 4.69) is 13.0 Å². The van der Waals surface area contributed by atoms with E-state index in [0.717, 1.165) is 18.4 Å². The molecule has 0 saturated carbocycles. The molecule has 1 aromatic carbocycles. The fourth-order valence-electron chi connectivity index (χ4n) is 2.75. The van der Waals surface area contributed by atoms with Gasteiger partial charge >= 0.3 is 0 Å². The van der Waals surface area contributed by atoms with E-state index in [4.69, 9.17) is 5.26 Å². The molecule has 108 valence electrons. The zero-order valence-electron chi connectivity index (χ0n) is 11.9. The summed E-state index contributed by atoms with van der Waals surface area (Å²) in [6.07, 6.45) is 2.12. The molecule has 1 aromatic rings. The number of nitrogens with zero attached hydrogens (tertiary/aromatic N) is 2. The van der Waals surface area contributed by atoms with Crippen molar-refractivity contribution in [1.82, 2.24) is 4.31 Å². The third-order valence-electron chi connectivity index (χ3n) is 3.89. The van der Waals surface area contributed by atoms with Crippen LogP contribution in [0.15, 0.2) is 29.2 Å². The van der Waals surface area contributed by atoms with Gasteiger partial charge in [-0.15, -0.1) is 0 Å². The largest absolute Gasteiger partial charge is 0.243 e. The summed E-state index contributed by atoms with van der Waals surface area (Å²) >= 11 is 0. The van der Waals surface area contributed by atoms with E-state index < -0.39 is 10.0 Å². The van der Waals surface area contributed by atoms with E-state index in [1.165, 1.54) is 0 Å². The number of piperidine rings is 1. The molecule has 0 spiro atoms. The van der Waals surface area contributed by atoms with Gasteiger partial charge in [-0.1, -0.05) is 19.1 Å². The predicted molar refractivity (Wildman–Crippen MR) is 77.5 cm³/mol. The zero-order valence-corrected chi connectivity index (χ0v) is 12.7. The second-order valence-corrected chi connectivity index (χ2v) is 7.46. The van der Waals surface area contributed by atoms with Gasteiger partial charge in [-0.2, -0.15) is 9.57 Å². The first-order valence-electron chi connectivity index (χ1n) is 6.93. The van der Waals surface area contributed by atoms with E-state index >= 15 is 0 Å². The second kappa shape index (κ2) is 5.94. The maximum Gasteiger partial charge on any atom is 0.243 e. The van der Waals surface area contributed by atoms with Gasteiger partial charge in [0.2, 0.25) is 10.0 Å². The van der Waals surface area contributed by atoms with Crippen molar-refractivity contribution in [2.45, 2.75) is 44.0 Å². The van der Waals surface area contributed by atoms with Crippen LogP contribution < -0.4 is 0 Å². The van der Waals surface area contributed by atoms with Gasteiger partial charge in [-0.3, -0.25) is 0 Å². The highest BCUT2D eigenvalue weighted by Gasteiger charge is 2.32. The van der Waals surface area contributed by atoms with E-state index in [1.807, 2.05) is 6.92 Å². The summed E-state index contributed by atoms with van der Waals surface area (Å²) in [6, 6.07) is 8.74. The summed E-state index contributed by atoms with van der Waals surface area (Å²) in [5.41, 5.74) is 0.840. The molecule has 0 amide bonds. The molecule has 2 unspecified atom stereocenters. The van der Waals surface area contributed by atoms with Crippen LogP contribution in [0.2, 0.25) is 0 Å². The Kier molecular flexibility index (Phi) is 4.46. The Hall–Kier alpha value is -1.38. The molecule has 1 fully saturated rings. The molecule has 0 bridgehead atoms. The minimum atomic E-state index is -3.42. The van der Waals surface area contributed by atoms with Crippen LogP contribution in [0.25, 0.3) is 0 Å². The van der Waals surface area contributed by atoms with Crippen LogP contribution in [0.3, 0.4) is 0 Å². The number of nitriles is 1. The molecule has 1 heterocycles. The molecule has 1 aliphatic heterocycles. The molecular formula is C15H20N2O2S. The van der Waals surface area contributed by atoms with E-state index in [9.17, 15) is 8.42 Å². The molecule has 0 aromatic heterocycles. The summed E-state index contributed by atoms with van der Waals surface area (Å²) in [6.45, 7) is 4.72. The highest BCUT2D eigenvalue weighted by atomic mass is 32.2. The number of hydrogen-bond acceptors (Lipinski definition) is 3. The van der Waals surface area contributed by atoms with Gasteiger partial charge in [0.15, 0.2) is 0 Å². The normalized spacial score (nSPS) is 24.2. The van der Waals surface area contributed by atoms with Crippen molar-refractivity contribution in [3.8, 4) is 6.07 Å². The first kappa shape index (κ1) is 15.0. The van der Waals surface area contributed by atoms with Gasteiger partial charge in [0.05, 0.1) is 17.4 Å². The molecule has 0 aliphatic carbocycles. The van der Waals surface area contributed by atoms with Crippen LogP contribution in [-0.2, 0) is 16.4 Å². The maximum absolute atomic E-state index is 12.6. The Morgan fingerprint density at radius 2 is 1.95 bits per heavy atom. The standard InChI is InChI=1S/C15H20N2O2S/c1-12-8-10-17(13(2)11-12)20(18,19)15-5-3-14(4-6-15)7-9-16/h3-6,12-13H,7-8,10-11H2,1-2H3. The van der Waals surface area contributed by atoms with Crippen molar-refractivity contribution in [2.75, 3.05) is 6.54 Å². The molecule has 20 heavy (non-hydrogen) atoms. The van der Waals surface area contributed by atoms with E-state index in [-0.39, 0.29) is 6.04 Å². The summed E-state index contributed by atoms with van der Waals surface area (Å²) in [4.78, 5) is 0.320. The Morgan fingerprint density at radius 3 is 2.50 bits per heavy atom. The van der Waals surface area contributed by atoms with Crippen LogP contribution in [0.5, 0.6) is 0 Å². The average molecular weight is 292 g/mol. The predicted octanol–water partition coefficient (Wildman–Crippen LogP) is 2.56. The molecule has 2 rings (SSSR count). The van der Waals surface area contributed by atoms with Crippen LogP contribution in [0.1, 0.15) is 32.3 Å². The molecule has 2 atom stereocenters. The first-order chi connectivity index (χ1) is 9.45. The first-order valence-corrected chi connectivity index (χ1v) is 8.37. The van der Waals surface area contributed by atoms with E-state index in [0.29, 0.717) is 23.8 Å². The van der Waals surface area contributed by atoms with Crippen LogP contribution in [0.4, 0.5) is 0 Å². The monoisotopic (exact) mass is 292 g/mol. The quantitative estimate of drug-likeness (QED) is 0.860. The van der Waals surface area contributed by atoms with E-state index in [1.54, 1.807) is 28.6 Å².